The molecule has 4 heteroatoms. The Bertz CT molecular complexity index is 1460. The first-order valence-electron chi connectivity index (χ1n) is 12.5. The number of benzene rings is 3. The summed E-state index contributed by atoms with van der Waals surface area (Å²) in [6.07, 6.45) is 3.98. The Kier molecular flexibility index (Phi) is 9.88. The van der Waals surface area contributed by atoms with E-state index in [1.165, 1.54) is 21.9 Å². The van der Waals surface area contributed by atoms with E-state index in [2.05, 4.69) is 101 Å². The predicted octanol–water partition coefficient (Wildman–Crippen LogP) is 7.53. The molecule has 0 aliphatic rings. The quantitative estimate of drug-likeness (QED) is 0.108. The molecule has 5 rings (SSSR count). The third-order valence-corrected chi connectivity index (χ3v) is 8.36. The average molecular weight is 691 g/mol. The smallest absolute Gasteiger partial charge is 0.343 e. The van der Waals surface area contributed by atoms with E-state index < -0.39 is 8.07 Å². The molecule has 0 N–H and O–H groups in total. The Morgan fingerprint density at radius 1 is 0.816 bits per heavy atom. The van der Waals surface area contributed by atoms with Crippen LogP contribution in [-0.2, 0) is 20.1 Å². The number of aromatic nitrogens is 2. The maximum Gasteiger partial charge on any atom is 3.00 e. The topological polar surface area (TPSA) is 16.8 Å². The Morgan fingerprint density at radius 3 is 2.13 bits per heavy atom. The second kappa shape index (κ2) is 12.9. The van der Waals surface area contributed by atoms with Crippen molar-refractivity contribution >= 4 is 13.3 Å². The van der Waals surface area contributed by atoms with Crippen molar-refractivity contribution in [2.45, 2.75) is 26.6 Å². The summed E-state index contributed by atoms with van der Waals surface area (Å²) in [7, 11) is 2.51. The first kappa shape index (κ1) is 29.1. The zero-order chi connectivity index (χ0) is 26.4. The summed E-state index contributed by atoms with van der Waals surface area (Å²) in [6.45, 7) is 13.3. The fourth-order valence-electron chi connectivity index (χ4n) is 4.41. The summed E-state index contributed by atoms with van der Waals surface area (Å²) >= 11 is 0. The van der Waals surface area contributed by atoms with Crippen molar-refractivity contribution in [3.05, 3.63) is 141 Å². The van der Waals surface area contributed by atoms with Gasteiger partial charge in [-0.3, -0.25) is 0 Å². The predicted molar refractivity (Wildman–Crippen MR) is 159 cm³/mol. The van der Waals surface area contributed by atoms with Crippen LogP contribution in [0.1, 0.15) is 11.1 Å². The first-order chi connectivity index (χ1) is 17.8. The third kappa shape index (κ3) is 6.90. The van der Waals surface area contributed by atoms with Crippen LogP contribution < -0.4 is 9.75 Å². The molecule has 5 aromatic rings. The molecule has 0 amide bonds. The summed E-state index contributed by atoms with van der Waals surface area (Å²) in [5.41, 5.74) is 9.09. The summed E-state index contributed by atoms with van der Waals surface area (Å²) in [6, 6.07) is 36.3. The van der Waals surface area contributed by atoms with E-state index in [4.69, 9.17) is 4.98 Å². The summed E-state index contributed by atoms with van der Waals surface area (Å²) in [5.74, 6) is 0. The van der Waals surface area contributed by atoms with Gasteiger partial charge in [-0.15, -0.1) is 53.6 Å². The Balaban J connectivity index is 0.000000220. The van der Waals surface area contributed by atoms with Crippen LogP contribution in [-0.4, -0.2) is 13.1 Å². The molecule has 38 heavy (non-hydrogen) atoms. The van der Waals surface area contributed by atoms with Gasteiger partial charge in [0.15, 0.2) is 0 Å². The third-order valence-electron chi connectivity index (χ3n) is 6.33. The van der Waals surface area contributed by atoms with Crippen molar-refractivity contribution < 1.29 is 24.7 Å². The molecule has 192 valence electrons. The van der Waals surface area contributed by atoms with Crippen molar-refractivity contribution in [3.63, 3.8) is 0 Å². The number of pyridine rings is 2. The zero-order valence-corrected chi connectivity index (χ0v) is 25.9. The molecular weight excluding hydrogens is 657 g/mol. The summed E-state index contributed by atoms with van der Waals surface area (Å²) in [5, 5.41) is 1.45. The standard InChI is InChI=1S/C20H20NSi.C14H14N.Ir/c1-22(2,3)20-14-19(17-12-8-5-9-13-17)21-15-18(20)16-10-6-4-7-11-16;1-11-7-4-5-9-13(11)14-12(2)8-6-10-15(14)3;/h4-12,14-15H,1-3H3;4-10H,1,3H2,2H3;/q2*-1;+3. The molecule has 0 fully saturated rings. The van der Waals surface area contributed by atoms with Gasteiger partial charge in [0.05, 0.1) is 20.0 Å². The fourth-order valence-corrected chi connectivity index (χ4v) is 6.00. The molecule has 3 aromatic carbocycles. The zero-order valence-electron chi connectivity index (χ0n) is 22.5. The van der Waals surface area contributed by atoms with Crippen LogP contribution in [0.3, 0.4) is 0 Å². The molecule has 2 aromatic heterocycles. The minimum atomic E-state index is -1.48. The molecule has 0 radical (unpaired) electrons. The molecule has 0 atom stereocenters. The van der Waals surface area contributed by atoms with Crippen molar-refractivity contribution in [1.29, 1.82) is 0 Å². The molecule has 0 aliphatic heterocycles. The van der Waals surface area contributed by atoms with Crippen LogP contribution in [0, 0.1) is 27.0 Å². The summed E-state index contributed by atoms with van der Waals surface area (Å²) in [4.78, 5) is 4.69. The van der Waals surface area contributed by atoms with E-state index in [-0.39, 0.29) is 20.1 Å². The molecule has 0 aliphatic carbocycles. The van der Waals surface area contributed by atoms with Crippen LogP contribution in [0.4, 0.5) is 0 Å². The van der Waals surface area contributed by atoms with Crippen molar-refractivity contribution in [2.75, 3.05) is 0 Å². The van der Waals surface area contributed by atoms with Crippen LogP contribution >= 0.6 is 0 Å². The largest absolute Gasteiger partial charge is 3.00 e. The number of hydrogen-bond donors (Lipinski definition) is 0. The SMILES string of the molecule is C[Si](C)(C)c1cc(-c2[c-]cccc2)ncc1-c1ccccc1.[CH2-]c1ccccc1-c1c(C)ccc[n+]1[CH2-].[Ir+3]. The van der Waals surface area contributed by atoms with E-state index in [0.717, 1.165) is 28.1 Å². The van der Waals surface area contributed by atoms with Gasteiger partial charge in [0.2, 0.25) is 0 Å². The van der Waals surface area contributed by atoms with Crippen molar-refractivity contribution in [3.8, 4) is 33.6 Å². The van der Waals surface area contributed by atoms with E-state index in [1.807, 2.05) is 59.4 Å². The Labute approximate surface area is 242 Å². The maximum absolute atomic E-state index is 4.69. The molecule has 2 nitrogen and oxygen atoms in total. The van der Waals surface area contributed by atoms with E-state index >= 15 is 0 Å². The molecule has 0 saturated heterocycles. The average Bonchev–Trinajstić information content (AvgIpc) is 2.90. The molecule has 2 heterocycles. The van der Waals surface area contributed by atoms with Gasteiger partial charge in [0.25, 0.3) is 0 Å². The van der Waals surface area contributed by atoms with Crippen molar-refractivity contribution in [2.24, 2.45) is 0 Å². The van der Waals surface area contributed by atoms with E-state index in [1.54, 1.807) is 0 Å². The van der Waals surface area contributed by atoms with Gasteiger partial charge in [0, 0.05) is 13.2 Å². The second-order valence-electron chi connectivity index (χ2n) is 10.2. The fraction of sp³-hybridized carbons (Fsp3) is 0.118. The van der Waals surface area contributed by atoms with Crippen LogP contribution in [0.25, 0.3) is 33.6 Å². The molecule has 0 unspecified atom stereocenters. The number of aryl methyl sites for hydroxylation is 1. The number of hydrogen-bond acceptors (Lipinski definition) is 1. The van der Waals surface area contributed by atoms with E-state index in [9.17, 15) is 0 Å². The van der Waals surface area contributed by atoms with Gasteiger partial charge in [-0.1, -0.05) is 79.4 Å². The van der Waals surface area contributed by atoms with Crippen LogP contribution in [0.15, 0.2) is 109 Å². The van der Waals surface area contributed by atoms with Crippen LogP contribution in [0.2, 0.25) is 19.6 Å². The molecular formula is C34H34IrN2Si+. The van der Waals surface area contributed by atoms with Crippen molar-refractivity contribution in [1.82, 2.24) is 4.98 Å². The van der Waals surface area contributed by atoms with Gasteiger partial charge >= 0.3 is 20.1 Å². The monoisotopic (exact) mass is 691 g/mol. The number of nitrogens with zero attached hydrogens (tertiary/aromatic N) is 2. The maximum atomic E-state index is 4.69. The van der Waals surface area contributed by atoms with Crippen LogP contribution in [0.5, 0.6) is 0 Å². The van der Waals surface area contributed by atoms with Gasteiger partial charge in [-0.25, -0.2) is 0 Å². The Morgan fingerprint density at radius 2 is 1.50 bits per heavy atom. The molecule has 0 bridgehead atoms. The molecule has 0 saturated carbocycles. The van der Waals surface area contributed by atoms with E-state index in [0.29, 0.717) is 0 Å². The van der Waals surface area contributed by atoms with Gasteiger partial charge < -0.3 is 9.55 Å². The molecule has 0 spiro atoms. The first-order valence-corrected chi connectivity index (χ1v) is 16.0. The minimum Gasteiger partial charge on any atom is -0.343 e. The second-order valence-corrected chi connectivity index (χ2v) is 15.2. The Hall–Kier alpha value is -3.43. The van der Waals surface area contributed by atoms with Gasteiger partial charge in [-0.2, -0.15) is 18.6 Å². The minimum absolute atomic E-state index is 0. The summed E-state index contributed by atoms with van der Waals surface area (Å²) < 4.78 is 1.89. The van der Waals surface area contributed by atoms with Gasteiger partial charge in [0.1, 0.15) is 0 Å². The number of rotatable bonds is 4. The van der Waals surface area contributed by atoms with Gasteiger partial charge in [-0.05, 0) is 29.3 Å². The normalized spacial score (nSPS) is 10.6.